The predicted octanol–water partition coefficient (Wildman–Crippen LogP) is 2.33. The Kier molecular flexibility index (Phi) is 3.67. The molecule has 6 heteroatoms. The Balaban J connectivity index is 1.91. The number of benzene rings is 1. The second-order valence-corrected chi connectivity index (χ2v) is 7.11. The molecule has 0 spiro atoms. The maximum Gasteiger partial charge on any atom is 0.264 e. The maximum atomic E-state index is 11.2. The van der Waals surface area contributed by atoms with Crippen LogP contribution in [0.25, 0.3) is 10.9 Å². The highest BCUT2D eigenvalue weighted by Gasteiger charge is 2.17. The molecule has 1 aromatic carbocycles. The van der Waals surface area contributed by atoms with Crippen LogP contribution < -0.4 is 4.74 Å². The summed E-state index contributed by atoms with van der Waals surface area (Å²) in [5, 5.41) is 1.18. The molecule has 0 bridgehead atoms. The number of hydrogen-bond acceptors (Lipinski definition) is 4. The van der Waals surface area contributed by atoms with Crippen LogP contribution in [0.5, 0.6) is 5.75 Å². The maximum absolute atomic E-state index is 11.2. The van der Waals surface area contributed by atoms with Gasteiger partial charge in [0.25, 0.3) is 10.1 Å². The van der Waals surface area contributed by atoms with Crippen molar-refractivity contribution >= 4 is 21.0 Å². The predicted molar refractivity (Wildman–Crippen MR) is 81.1 cm³/mol. The van der Waals surface area contributed by atoms with Gasteiger partial charge in [0.2, 0.25) is 0 Å². The van der Waals surface area contributed by atoms with Gasteiger partial charge in [-0.25, -0.2) is 0 Å². The lowest BCUT2D eigenvalue weighted by Gasteiger charge is -2.18. The molecule has 114 valence electrons. The molecule has 3 rings (SSSR count). The van der Waals surface area contributed by atoms with E-state index in [4.69, 9.17) is 8.92 Å². The summed E-state index contributed by atoms with van der Waals surface area (Å²) >= 11 is 0. The molecule has 0 saturated heterocycles. The van der Waals surface area contributed by atoms with E-state index in [0.29, 0.717) is 6.54 Å². The minimum absolute atomic E-state index is 0.400. The summed E-state index contributed by atoms with van der Waals surface area (Å²) in [6, 6.07) is 6.08. The minimum atomic E-state index is -3.43. The van der Waals surface area contributed by atoms with Crippen LogP contribution in [0.1, 0.15) is 18.9 Å². The van der Waals surface area contributed by atoms with E-state index in [2.05, 4.69) is 6.07 Å². The first-order valence-electron chi connectivity index (χ1n) is 7.06. The standard InChI is InChI=1S/C15H19NO4S/c1-11(20-21(2,17)18)10-16-8-7-12-13-4-3-9-19-15(13)6-5-14(12)16/h5-8,11H,3-4,9-10H2,1-2H3/t11-/m0/s1. The Morgan fingerprint density at radius 3 is 2.95 bits per heavy atom. The smallest absolute Gasteiger partial charge is 0.264 e. The van der Waals surface area contributed by atoms with E-state index >= 15 is 0 Å². The SMILES string of the molecule is C[C@@H](Cn1ccc2c3c(ccc21)OCCC3)OS(C)(=O)=O. The molecule has 2 heterocycles. The van der Waals surface area contributed by atoms with Crippen molar-refractivity contribution in [2.24, 2.45) is 0 Å². The monoisotopic (exact) mass is 309 g/mol. The summed E-state index contributed by atoms with van der Waals surface area (Å²) in [5.41, 5.74) is 2.33. The molecule has 1 aliphatic heterocycles. The molecule has 1 aromatic heterocycles. The summed E-state index contributed by atoms with van der Waals surface area (Å²) in [4.78, 5) is 0. The topological polar surface area (TPSA) is 57.5 Å². The Bertz CT molecular complexity index is 763. The Hall–Kier alpha value is -1.53. The van der Waals surface area contributed by atoms with Crippen LogP contribution >= 0.6 is 0 Å². The molecule has 21 heavy (non-hydrogen) atoms. The van der Waals surface area contributed by atoms with Crippen molar-refractivity contribution in [1.82, 2.24) is 4.57 Å². The van der Waals surface area contributed by atoms with Gasteiger partial charge in [0.1, 0.15) is 5.75 Å². The van der Waals surface area contributed by atoms with Gasteiger partial charge in [-0.05, 0) is 38.0 Å². The van der Waals surface area contributed by atoms with Crippen molar-refractivity contribution in [1.29, 1.82) is 0 Å². The third-order valence-corrected chi connectivity index (χ3v) is 4.32. The number of aromatic nitrogens is 1. The number of aryl methyl sites for hydroxylation is 1. The van der Waals surface area contributed by atoms with Gasteiger partial charge in [-0.2, -0.15) is 8.42 Å². The number of hydrogen-bond donors (Lipinski definition) is 0. The lowest BCUT2D eigenvalue weighted by molar-refractivity contribution is 0.211. The van der Waals surface area contributed by atoms with Gasteiger partial charge in [0, 0.05) is 22.7 Å². The van der Waals surface area contributed by atoms with Crippen molar-refractivity contribution in [3.05, 3.63) is 30.0 Å². The van der Waals surface area contributed by atoms with Gasteiger partial charge < -0.3 is 9.30 Å². The second kappa shape index (κ2) is 5.35. The highest BCUT2D eigenvalue weighted by molar-refractivity contribution is 7.86. The van der Waals surface area contributed by atoms with Crippen LogP contribution in [0.2, 0.25) is 0 Å². The van der Waals surface area contributed by atoms with Gasteiger partial charge >= 0.3 is 0 Å². The summed E-state index contributed by atoms with van der Waals surface area (Å²) in [6.07, 6.45) is 4.70. The van der Waals surface area contributed by atoms with Crippen LogP contribution in [-0.2, 0) is 27.3 Å². The minimum Gasteiger partial charge on any atom is -0.493 e. The van der Waals surface area contributed by atoms with Gasteiger partial charge in [-0.3, -0.25) is 4.18 Å². The van der Waals surface area contributed by atoms with Gasteiger partial charge in [0.15, 0.2) is 0 Å². The van der Waals surface area contributed by atoms with Crippen LogP contribution in [0.15, 0.2) is 24.4 Å². The van der Waals surface area contributed by atoms with Crippen LogP contribution in [-0.4, -0.2) is 32.0 Å². The van der Waals surface area contributed by atoms with Crippen molar-refractivity contribution in [3.63, 3.8) is 0 Å². The molecular weight excluding hydrogens is 290 g/mol. The molecule has 2 aromatic rings. The van der Waals surface area contributed by atoms with Crippen LogP contribution in [0.3, 0.4) is 0 Å². The first kappa shape index (κ1) is 14.4. The zero-order chi connectivity index (χ0) is 15.0. The molecule has 0 fully saturated rings. The molecule has 1 aliphatic rings. The van der Waals surface area contributed by atoms with Crippen LogP contribution in [0.4, 0.5) is 0 Å². The first-order valence-corrected chi connectivity index (χ1v) is 8.87. The first-order chi connectivity index (χ1) is 9.94. The molecule has 5 nitrogen and oxygen atoms in total. The summed E-state index contributed by atoms with van der Waals surface area (Å²) in [5.74, 6) is 0.965. The average molecular weight is 309 g/mol. The highest BCUT2D eigenvalue weighted by Crippen LogP contribution is 2.32. The van der Waals surface area contributed by atoms with Gasteiger partial charge in [0.05, 0.1) is 25.5 Å². The molecular formula is C15H19NO4S. The van der Waals surface area contributed by atoms with Crippen molar-refractivity contribution in [3.8, 4) is 5.75 Å². The lowest BCUT2D eigenvalue weighted by atomic mass is 10.0. The Morgan fingerprint density at radius 1 is 1.38 bits per heavy atom. The lowest BCUT2D eigenvalue weighted by Crippen LogP contribution is -2.19. The highest BCUT2D eigenvalue weighted by atomic mass is 32.2. The van der Waals surface area contributed by atoms with Crippen molar-refractivity contribution in [2.75, 3.05) is 12.9 Å². The fraction of sp³-hybridized carbons (Fsp3) is 0.467. The number of nitrogens with zero attached hydrogens (tertiary/aromatic N) is 1. The van der Waals surface area contributed by atoms with Crippen molar-refractivity contribution < 1.29 is 17.3 Å². The van der Waals surface area contributed by atoms with Crippen molar-refractivity contribution in [2.45, 2.75) is 32.4 Å². The molecule has 0 N–H and O–H groups in total. The normalized spacial score (nSPS) is 16.5. The zero-order valence-corrected chi connectivity index (χ0v) is 13.0. The summed E-state index contributed by atoms with van der Waals surface area (Å²) in [6.45, 7) is 3.03. The number of fused-ring (bicyclic) bond motifs is 3. The molecule has 0 aliphatic carbocycles. The average Bonchev–Trinajstić information content (AvgIpc) is 2.80. The second-order valence-electron chi connectivity index (χ2n) is 5.51. The molecule has 0 radical (unpaired) electrons. The van der Waals surface area contributed by atoms with E-state index in [-0.39, 0.29) is 0 Å². The third-order valence-electron chi connectivity index (χ3n) is 3.64. The van der Waals surface area contributed by atoms with E-state index < -0.39 is 16.2 Å². The van der Waals surface area contributed by atoms with E-state index in [1.807, 2.05) is 22.9 Å². The molecule has 0 saturated carbocycles. The van der Waals surface area contributed by atoms with E-state index in [1.54, 1.807) is 6.92 Å². The molecule has 1 atom stereocenters. The third kappa shape index (κ3) is 3.06. The van der Waals surface area contributed by atoms with E-state index in [9.17, 15) is 8.42 Å². The summed E-state index contributed by atoms with van der Waals surface area (Å²) in [7, 11) is -3.43. The Morgan fingerprint density at radius 2 is 2.19 bits per heavy atom. The fourth-order valence-electron chi connectivity index (χ4n) is 2.90. The zero-order valence-electron chi connectivity index (χ0n) is 12.2. The summed E-state index contributed by atoms with van der Waals surface area (Å²) < 4.78 is 35.1. The molecule has 0 unspecified atom stereocenters. The van der Waals surface area contributed by atoms with Gasteiger partial charge in [-0.15, -0.1) is 0 Å². The van der Waals surface area contributed by atoms with Crippen LogP contribution in [0, 0.1) is 0 Å². The Labute approximate surface area is 124 Å². The van der Waals surface area contributed by atoms with E-state index in [0.717, 1.165) is 37.0 Å². The quantitative estimate of drug-likeness (QED) is 0.813. The number of ether oxygens (including phenoxy) is 1. The fourth-order valence-corrected chi connectivity index (χ4v) is 3.56. The van der Waals surface area contributed by atoms with Gasteiger partial charge in [-0.1, -0.05) is 0 Å². The largest absolute Gasteiger partial charge is 0.493 e. The van der Waals surface area contributed by atoms with E-state index in [1.165, 1.54) is 10.9 Å². The number of rotatable bonds is 4. The molecule has 0 amide bonds.